The predicted octanol–water partition coefficient (Wildman–Crippen LogP) is 0.869. The highest BCUT2D eigenvalue weighted by molar-refractivity contribution is 7.99. The normalized spacial score (nSPS) is 19.4. The molecule has 25 heavy (non-hydrogen) atoms. The SMILES string of the molecule is CCN(C(=O)CSc1nc2nc(C)cc(C)n2n1)[C@@H]1CCS(=O)(=O)C1. The van der Waals surface area contributed by atoms with Crippen LogP contribution < -0.4 is 0 Å². The fourth-order valence-corrected chi connectivity index (χ4v) is 5.51. The average molecular weight is 383 g/mol. The molecule has 3 rings (SSSR count). The van der Waals surface area contributed by atoms with Crippen molar-refractivity contribution in [1.82, 2.24) is 24.5 Å². The molecular formula is C15H21N5O3S2. The summed E-state index contributed by atoms with van der Waals surface area (Å²) in [5.74, 6) is 0.828. The van der Waals surface area contributed by atoms with E-state index in [-0.39, 0.29) is 29.2 Å². The van der Waals surface area contributed by atoms with E-state index in [9.17, 15) is 13.2 Å². The van der Waals surface area contributed by atoms with Gasteiger partial charge < -0.3 is 4.90 Å². The number of hydrogen-bond acceptors (Lipinski definition) is 7. The molecule has 8 nitrogen and oxygen atoms in total. The fourth-order valence-electron chi connectivity index (χ4n) is 3.08. The van der Waals surface area contributed by atoms with Gasteiger partial charge >= 0.3 is 0 Å². The van der Waals surface area contributed by atoms with Gasteiger partial charge in [0.25, 0.3) is 5.78 Å². The van der Waals surface area contributed by atoms with Crippen molar-refractivity contribution in [3.63, 3.8) is 0 Å². The van der Waals surface area contributed by atoms with Crippen molar-refractivity contribution in [1.29, 1.82) is 0 Å². The fraction of sp³-hybridized carbons (Fsp3) is 0.600. The first-order chi connectivity index (χ1) is 11.8. The number of carbonyl (C=O) groups excluding carboxylic acids is 1. The Morgan fingerprint density at radius 2 is 2.16 bits per heavy atom. The number of carbonyl (C=O) groups is 1. The minimum Gasteiger partial charge on any atom is -0.338 e. The Bertz CT molecular complexity index is 909. The lowest BCUT2D eigenvalue weighted by Crippen LogP contribution is -2.41. The van der Waals surface area contributed by atoms with E-state index in [0.29, 0.717) is 23.9 Å². The number of aryl methyl sites for hydroxylation is 2. The van der Waals surface area contributed by atoms with E-state index in [1.807, 2.05) is 26.8 Å². The van der Waals surface area contributed by atoms with Crippen LogP contribution in [0.2, 0.25) is 0 Å². The van der Waals surface area contributed by atoms with Gasteiger partial charge in [-0.25, -0.2) is 17.9 Å². The van der Waals surface area contributed by atoms with Crippen LogP contribution in [0.1, 0.15) is 24.7 Å². The van der Waals surface area contributed by atoms with Crippen LogP contribution in [0.3, 0.4) is 0 Å². The van der Waals surface area contributed by atoms with Crippen LogP contribution in [0.15, 0.2) is 11.2 Å². The molecule has 0 spiro atoms. The molecule has 0 bridgehead atoms. The first kappa shape index (κ1) is 18.1. The molecule has 0 unspecified atom stereocenters. The second-order valence-electron chi connectivity index (χ2n) is 6.17. The van der Waals surface area contributed by atoms with Crippen LogP contribution in [0.5, 0.6) is 0 Å². The molecule has 1 fully saturated rings. The number of nitrogens with zero attached hydrogens (tertiary/aromatic N) is 5. The van der Waals surface area contributed by atoms with Crippen molar-refractivity contribution in [2.24, 2.45) is 0 Å². The highest BCUT2D eigenvalue weighted by Gasteiger charge is 2.33. The Labute approximate surface area is 150 Å². The summed E-state index contributed by atoms with van der Waals surface area (Å²) in [5.41, 5.74) is 1.80. The zero-order valence-electron chi connectivity index (χ0n) is 14.5. The molecule has 1 amide bonds. The summed E-state index contributed by atoms with van der Waals surface area (Å²) in [6, 6.07) is 1.70. The van der Waals surface area contributed by atoms with Crippen LogP contribution in [0, 0.1) is 13.8 Å². The van der Waals surface area contributed by atoms with Gasteiger partial charge in [0.05, 0.1) is 17.3 Å². The zero-order valence-corrected chi connectivity index (χ0v) is 16.1. The van der Waals surface area contributed by atoms with Gasteiger partial charge in [0.1, 0.15) is 0 Å². The zero-order chi connectivity index (χ0) is 18.2. The Morgan fingerprint density at radius 3 is 2.80 bits per heavy atom. The molecule has 10 heteroatoms. The lowest BCUT2D eigenvalue weighted by Gasteiger charge is -2.26. The number of amides is 1. The van der Waals surface area contributed by atoms with Crippen LogP contribution >= 0.6 is 11.8 Å². The van der Waals surface area contributed by atoms with Gasteiger partial charge in [0, 0.05) is 24.0 Å². The van der Waals surface area contributed by atoms with Crippen LogP contribution in [-0.2, 0) is 14.6 Å². The number of hydrogen-bond donors (Lipinski definition) is 0. The van der Waals surface area contributed by atoms with Crippen molar-refractivity contribution in [3.8, 4) is 0 Å². The first-order valence-corrected chi connectivity index (χ1v) is 10.9. The number of thioether (sulfide) groups is 1. The summed E-state index contributed by atoms with van der Waals surface area (Å²) in [5, 5.41) is 4.86. The molecule has 0 saturated carbocycles. The summed E-state index contributed by atoms with van der Waals surface area (Å²) in [6.07, 6.45) is 0.515. The van der Waals surface area contributed by atoms with Crippen molar-refractivity contribution < 1.29 is 13.2 Å². The Balaban J connectivity index is 1.68. The standard InChI is InChI=1S/C15H21N5O3S2/c1-4-19(12-5-6-25(22,23)9-12)13(21)8-24-15-17-14-16-10(2)7-11(3)20(14)18-15/h7,12H,4-6,8-9H2,1-3H3/t12-/m1/s1. The molecule has 3 heterocycles. The molecule has 0 aromatic carbocycles. The van der Waals surface area contributed by atoms with Crippen molar-refractivity contribution in [3.05, 3.63) is 17.5 Å². The molecule has 1 atom stereocenters. The van der Waals surface area contributed by atoms with E-state index in [4.69, 9.17) is 0 Å². The van der Waals surface area contributed by atoms with Gasteiger partial charge in [0.15, 0.2) is 9.84 Å². The van der Waals surface area contributed by atoms with E-state index >= 15 is 0 Å². The van der Waals surface area contributed by atoms with E-state index in [1.54, 1.807) is 9.42 Å². The smallest absolute Gasteiger partial charge is 0.253 e. The van der Waals surface area contributed by atoms with Crippen LogP contribution in [0.4, 0.5) is 0 Å². The van der Waals surface area contributed by atoms with E-state index in [0.717, 1.165) is 11.4 Å². The lowest BCUT2D eigenvalue weighted by atomic mass is 10.2. The second-order valence-corrected chi connectivity index (χ2v) is 9.34. The summed E-state index contributed by atoms with van der Waals surface area (Å²) < 4.78 is 25.0. The molecule has 2 aromatic rings. The molecular weight excluding hydrogens is 362 g/mol. The second kappa shape index (κ2) is 6.91. The molecule has 1 aliphatic rings. The molecule has 0 aliphatic carbocycles. The minimum atomic E-state index is -3.01. The monoisotopic (exact) mass is 383 g/mol. The summed E-state index contributed by atoms with van der Waals surface area (Å²) in [7, 11) is -3.01. The van der Waals surface area contributed by atoms with Gasteiger partial charge in [-0.1, -0.05) is 11.8 Å². The highest BCUT2D eigenvalue weighted by Crippen LogP contribution is 2.21. The quantitative estimate of drug-likeness (QED) is 0.707. The maximum Gasteiger partial charge on any atom is 0.253 e. The summed E-state index contributed by atoms with van der Waals surface area (Å²) >= 11 is 1.25. The first-order valence-electron chi connectivity index (χ1n) is 8.13. The van der Waals surface area contributed by atoms with E-state index < -0.39 is 9.84 Å². The topological polar surface area (TPSA) is 97.5 Å². The molecule has 2 aromatic heterocycles. The minimum absolute atomic E-state index is 0.0618. The number of fused-ring (bicyclic) bond motifs is 1. The van der Waals surface area contributed by atoms with Crippen LogP contribution in [-0.4, -0.2) is 68.7 Å². The third-order valence-corrected chi connectivity index (χ3v) is 6.81. The van der Waals surface area contributed by atoms with Gasteiger partial charge in [-0.15, -0.1) is 5.10 Å². The van der Waals surface area contributed by atoms with Gasteiger partial charge in [0.2, 0.25) is 11.1 Å². The third kappa shape index (κ3) is 3.95. The van der Waals surface area contributed by atoms with Gasteiger partial charge in [-0.2, -0.15) is 4.98 Å². The predicted molar refractivity (Wildman–Crippen MR) is 95.4 cm³/mol. The molecule has 0 radical (unpaired) electrons. The largest absolute Gasteiger partial charge is 0.338 e. The molecule has 136 valence electrons. The van der Waals surface area contributed by atoms with Gasteiger partial charge in [-0.05, 0) is 33.3 Å². The van der Waals surface area contributed by atoms with Crippen molar-refractivity contribution in [2.75, 3.05) is 23.8 Å². The molecule has 0 N–H and O–H groups in total. The Kier molecular flexibility index (Phi) is 5.01. The number of sulfone groups is 1. The Morgan fingerprint density at radius 1 is 1.40 bits per heavy atom. The van der Waals surface area contributed by atoms with E-state index in [1.165, 1.54) is 11.8 Å². The summed E-state index contributed by atoms with van der Waals surface area (Å²) in [6.45, 7) is 6.19. The maximum absolute atomic E-state index is 12.5. The average Bonchev–Trinajstić information content (AvgIpc) is 3.09. The number of rotatable bonds is 5. The molecule has 1 saturated heterocycles. The summed E-state index contributed by atoms with van der Waals surface area (Å²) in [4.78, 5) is 22.8. The highest BCUT2D eigenvalue weighted by atomic mass is 32.2. The third-order valence-electron chi connectivity index (χ3n) is 4.23. The lowest BCUT2D eigenvalue weighted by molar-refractivity contribution is -0.129. The maximum atomic E-state index is 12.5. The van der Waals surface area contributed by atoms with E-state index in [2.05, 4.69) is 15.1 Å². The van der Waals surface area contributed by atoms with Crippen molar-refractivity contribution in [2.45, 2.75) is 38.4 Å². The van der Waals surface area contributed by atoms with Gasteiger partial charge in [-0.3, -0.25) is 4.79 Å². The van der Waals surface area contributed by atoms with Crippen molar-refractivity contribution >= 4 is 33.3 Å². The van der Waals surface area contributed by atoms with Crippen LogP contribution in [0.25, 0.3) is 5.78 Å². The molecule has 1 aliphatic heterocycles. The Hall–Kier alpha value is -1.68. The number of aromatic nitrogens is 4.